The monoisotopic (exact) mass is 1370 g/mol. The van der Waals surface area contributed by atoms with Crippen LogP contribution in [0.1, 0.15) is 145 Å². The number of amides is 5. The molecule has 0 spiro atoms. The number of rotatable bonds is 35. The molecule has 0 saturated carbocycles. The summed E-state index contributed by atoms with van der Waals surface area (Å²) >= 11 is 0. The second-order valence-electron chi connectivity index (χ2n) is 24.4. The molecule has 516 valence electrons. The van der Waals surface area contributed by atoms with Gasteiger partial charge in [0.25, 0.3) is 17.7 Å². The van der Waals surface area contributed by atoms with Crippen molar-refractivity contribution in [1.29, 1.82) is 0 Å². The topological polar surface area (TPSA) is 424 Å². The second kappa shape index (κ2) is 40.5. The Labute approximate surface area is 612 Å². The number of ether oxygens (including phenoxy) is 2. The number of Topliss-reactive ketones (excluding diaryl/α,β-unsaturated/α-hetero) is 3. The molecule has 25 nitrogen and oxygen atoms in total. The standard InChI is InChI=1S/C71H84N5O19.2Na.H2O/c1-43(78)75-60-56(83)38-70(42-77,94-64(60)62(87)58(85)40-73-67(90)51-29-23-47(24-30-51)45-16-8-5-9-17-45)36-53(80)20-13-7-15-35-72-66(89)50-33-27-49(28-34-50)55(82)22-14-4-3-12-21-54(81)37-71(69(92)93)39-57(84)61(76-44(2)79)65(95-71)63(88)59(86)41-74-68(91)52-31-25-48(26-32-52)46-18-10-6-11-19-46;;;/h5-6,8-11,16-19,23-34,56-65,83-88H,3-4,7,12-15,20-22,35-41H2,1-2H3,(H,72,89)(H,73,90)(H,74,91)(H,75,78)(H,76,79)(H,92,93);;;1H2/q-1;2*+1;/p-2/t56-,57-,58+,59+,60+,61+,62+,63+,64+,65+,70+,71+;;;/m0.../s1. The van der Waals surface area contributed by atoms with E-state index >= 15 is 0 Å². The smallest absolute Gasteiger partial charge is 0.870 e. The van der Waals surface area contributed by atoms with Crippen molar-refractivity contribution in [3.8, 4) is 22.3 Å². The van der Waals surface area contributed by atoms with E-state index in [9.17, 15) is 83.7 Å². The Morgan fingerprint density at radius 2 is 0.878 bits per heavy atom. The molecule has 5 aromatic carbocycles. The van der Waals surface area contributed by atoms with E-state index in [4.69, 9.17) is 9.47 Å². The normalized spacial score (nSPS) is 21.4. The summed E-state index contributed by atoms with van der Waals surface area (Å²) in [5.74, 6) is -5.88. The van der Waals surface area contributed by atoms with E-state index < -0.39 is 158 Å². The van der Waals surface area contributed by atoms with Crippen LogP contribution in [-0.2, 0) is 38.2 Å². The summed E-state index contributed by atoms with van der Waals surface area (Å²) < 4.78 is 11.9. The Morgan fingerprint density at radius 3 is 1.32 bits per heavy atom. The van der Waals surface area contributed by atoms with Crippen molar-refractivity contribution in [1.82, 2.24) is 26.6 Å². The number of unbranched alkanes of at least 4 members (excludes halogenated alkanes) is 5. The summed E-state index contributed by atoms with van der Waals surface area (Å²) in [5, 5.41) is 92.6. The van der Waals surface area contributed by atoms with Crippen LogP contribution in [0.25, 0.3) is 22.3 Å². The third-order valence-electron chi connectivity index (χ3n) is 17.0. The maximum absolute atomic E-state index is 13.3. The number of carbonyl (C=O) groups excluding carboxylic acids is 10. The number of aliphatic carboxylic acids is 1. The predicted octanol–water partition coefficient (Wildman–Crippen LogP) is -3.47. The summed E-state index contributed by atoms with van der Waals surface area (Å²) in [6.07, 6.45) is -11.6. The van der Waals surface area contributed by atoms with Gasteiger partial charge in [0.1, 0.15) is 41.6 Å². The van der Waals surface area contributed by atoms with E-state index in [2.05, 4.69) is 26.6 Å². The maximum Gasteiger partial charge on any atom is 1.00 e. The Kier molecular flexibility index (Phi) is 34.6. The van der Waals surface area contributed by atoms with E-state index in [1.165, 1.54) is 24.3 Å². The van der Waals surface area contributed by atoms with E-state index in [1.54, 1.807) is 54.8 Å². The number of carbonyl (C=O) groups is 9. The summed E-state index contributed by atoms with van der Waals surface area (Å²) in [6, 6.07) is 35.7. The van der Waals surface area contributed by atoms with Gasteiger partial charge in [0.15, 0.2) is 5.78 Å². The van der Waals surface area contributed by atoms with Crippen LogP contribution in [0, 0.1) is 0 Å². The van der Waals surface area contributed by atoms with Gasteiger partial charge in [-0.15, -0.1) is 0 Å². The molecule has 5 amide bonds. The van der Waals surface area contributed by atoms with Crippen LogP contribution in [0.4, 0.5) is 0 Å². The minimum Gasteiger partial charge on any atom is -0.870 e. The van der Waals surface area contributed by atoms with Gasteiger partial charge in [0.2, 0.25) is 11.8 Å². The molecule has 27 heteroatoms. The van der Waals surface area contributed by atoms with Crippen molar-refractivity contribution in [2.45, 2.75) is 176 Å². The number of hydrogen-bond acceptors (Lipinski definition) is 20. The zero-order valence-corrected chi connectivity index (χ0v) is 59.4. The predicted molar refractivity (Wildman–Crippen MR) is 345 cm³/mol. The molecule has 0 bridgehead atoms. The first-order valence-electron chi connectivity index (χ1n) is 31.8. The summed E-state index contributed by atoms with van der Waals surface area (Å²) in [5.41, 5.74) is 0.299. The molecular formula is C71H84N5Na2O20-. The largest absolute Gasteiger partial charge is 1.00 e. The molecule has 5 aromatic rings. The number of ketones is 3. The summed E-state index contributed by atoms with van der Waals surface area (Å²) in [4.78, 5) is 128. The zero-order chi connectivity index (χ0) is 68.8. The molecule has 0 unspecified atom stereocenters. The zero-order valence-electron chi connectivity index (χ0n) is 55.4. The fourth-order valence-corrected chi connectivity index (χ4v) is 11.9. The van der Waals surface area contributed by atoms with Crippen molar-refractivity contribution >= 4 is 59.1 Å². The number of benzene rings is 5. The number of aliphatic hydroxyl groups is 6. The fourth-order valence-electron chi connectivity index (χ4n) is 11.9. The average Bonchev–Trinajstić information content (AvgIpc) is 0.774. The van der Waals surface area contributed by atoms with Gasteiger partial charge in [-0.3, -0.25) is 38.4 Å². The molecule has 0 radical (unpaired) electrons. The van der Waals surface area contributed by atoms with Gasteiger partial charge >= 0.3 is 59.1 Å². The molecule has 2 heterocycles. The fraction of sp³-hybridized carbons (Fsp3) is 0.437. The minimum atomic E-state index is -2.46. The number of carboxylic acids is 1. The Morgan fingerprint density at radius 1 is 0.500 bits per heavy atom. The van der Waals surface area contributed by atoms with Crippen molar-refractivity contribution in [2.75, 3.05) is 19.6 Å². The maximum atomic E-state index is 13.3. The number of carboxylic acid groups (broad SMARTS) is 1. The third kappa shape index (κ3) is 24.0. The molecule has 12 atom stereocenters. The van der Waals surface area contributed by atoms with Crippen molar-refractivity contribution in [3.63, 3.8) is 0 Å². The summed E-state index contributed by atoms with van der Waals surface area (Å²) in [6.45, 7) is 1.50. The molecule has 2 aliphatic rings. The van der Waals surface area contributed by atoms with Crippen molar-refractivity contribution in [3.05, 3.63) is 156 Å². The van der Waals surface area contributed by atoms with Crippen LogP contribution in [-0.4, -0.2) is 187 Å². The molecule has 12 N–H and O–H groups in total. The van der Waals surface area contributed by atoms with E-state index in [0.29, 0.717) is 56.1 Å². The van der Waals surface area contributed by atoms with Crippen LogP contribution >= 0.6 is 0 Å². The molecule has 2 fully saturated rings. The Bertz CT molecular complexity index is 3450. The van der Waals surface area contributed by atoms with Crippen molar-refractivity contribution < 1.29 is 158 Å². The van der Waals surface area contributed by atoms with Gasteiger partial charge in [-0.2, -0.15) is 0 Å². The van der Waals surface area contributed by atoms with Gasteiger partial charge < -0.3 is 86.9 Å². The molecule has 0 aliphatic carbocycles. The quantitative estimate of drug-likeness (QED) is 0.00813. The molecule has 2 aliphatic heterocycles. The first kappa shape index (κ1) is 83.7. The van der Waals surface area contributed by atoms with Crippen LogP contribution in [0.5, 0.6) is 0 Å². The number of aliphatic hydroxyl groups excluding tert-OH is 6. The average molecular weight is 1370 g/mol. The first-order chi connectivity index (χ1) is 45.4. The number of nitrogens with one attached hydrogen (secondary N) is 5. The van der Waals surface area contributed by atoms with Crippen LogP contribution in [0.3, 0.4) is 0 Å². The SMILES string of the molecule is CC(=O)N[C@H]1[C@H]([C@H](O)[C@H](O)CNC(=O)c2ccc(-c3ccccc3)cc2)O[C@]([C-]=O)(CC(=O)CCCCCNC(=O)c2ccc(C(=O)CCCCCCC(=O)C[C@]3(C(=O)[O-])C[C@H](O)[C@@H](NC(C)=O)[C@H]([C@H](O)[C@H](O)CNC(=O)c4ccc(-c5ccccc5)cc4)O3)cc2)C[C@@H]1O.[Na+].[Na+].[OH-]. The van der Waals surface area contributed by atoms with Crippen LogP contribution in [0.2, 0.25) is 0 Å². The van der Waals surface area contributed by atoms with Gasteiger partial charge in [-0.1, -0.05) is 116 Å². The molecule has 0 aromatic heterocycles. The first-order valence-corrected chi connectivity index (χ1v) is 31.8. The summed E-state index contributed by atoms with van der Waals surface area (Å²) in [7, 11) is 0. The van der Waals surface area contributed by atoms with E-state index in [1.807, 2.05) is 60.7 Å². The number of hydrogen-bond donors (Lipinski definition) is 11. The minimum absolute atomic E-state index is 0. The molecule has 7 rings (SSSR count). The molecule has 98 heavy (non-hydrogen) atoms. The van der Waals surface area contributed by atoms with Crippen molar-refractivity contribution in [2.24, 2.45) is 0 Å². The molecular weight excluding hydrogens is 1290 g/mol. The van der Waals surface area contributed by atoms with Gasteiger partial charge in [0.05, 0.1) is 42.5 Å². The van der Waals surface area contributed by atoms with E-state index in [-0.39, 0.29) is 107 Å². The van der Waals surface area contributed by atoms with Crippen LogP contribution in [0.15, 0.2) is 133 Å². The van der Waals surface area contributed by atoms with Gasteiger partial charge in [-0.25, -0.2) is 6.29 Å². The third-order valence-corrected chi connectivity index (χ3v) is 17.0. The Hall–Kier alpha value is -6.76. The van der Waals surface area contributed by atoms with Crippen LogP contribution < -0.4 is 90.8 Å². The molecule has 2 saturated heterocycles. The second-order valence-corrected chi connectivity index (χ2v) is 24.4. The van der Waals surface area contributed by atoms with Gasteiger partial charge in [0, 0.05) is 94.3 Å². The Balaban J connectivity index is 0.00000680. The van der Waals surface area contributed by atoms with Gasteiger partial charge in [-0.05, 0) is 96.4 Å². The van der Waals surface area contributed by atoms with E-state index in [0.717, 1.165) is 36.1 Å².